The minimum Gasteiger partial charge on any atom is -0.365 e. The molecule has 0 unspecified atom stereocenters. The lowest BCUT2D eigenvalue weighted by Crippen LogP contribution is -2.34. The van der Waals surface area contributed by atoms with E-state index in [1.807, 2.05) is 0 Å². The Hall–Kier alpha value is -2.36. The maximum Gasteiger partial charge on any atom is 0.258 e. The second kappa shape index (κ2) is 7.90. The number of nitrogens with zero attached hydrogens (tertiary/aromatic N) is 2. The number of thiocarbonyl (C=S) groups is 1. The first kappa shape index (κ1) is 18.4. The van der Waals surface area contributed by atoms with Gasteiger partial charge in [0.2, 0.25) is 0 Å². The highest BCUT2D eigenvalue weighted by molar-refractivity contribution is 7.80. The van der Waals surface area contributed by atoms with Gasteiger partial charge in [-0.2, -0.15) is 0 Å². The van der Waals surface area contributed by atoms with Gasteiger partial charge in [-0.1, -0.05) is 6.92 Å². The first-order valence-electron chi connectivity index (χ1n) is 8.18. The highest BCUT2D eigenvalue weighted by Crippen LogP contribution is 2.36. The van der Waals surface area contributed by atoms with Crippen LogP contribution in [0.25, 0.3) is 0 Å². The van der Waals surface area contributed by atoms with Crippen molar-refractivity contribution in [2.24, 2.45) is 5.73 Å². The maximum atomic E-state index is 12.2. The number of nitrogens with one attached hydrogen (secondary N) is 2. The van der Waals surface area contributed by atoms with Crippen LogP contribution in [0.2, 0.25) is 0 Å². The van der Waals surface area contributed by atoms with Gasteiger partial charge in [0.05, 0.1) is 11.1 Å². The second-order valence-corrected chi connectivity index (χ2v) is 7.35. The fraction of sp³-hybridized carbons (Fsp3) is 0.294. The predicted octanol–water partition coefficient (Wildman–Crippen LogP) is 1.75. The lowest BCUT2D eigenvalue weighted by molar-refractivity contribution is 0.0975. The molecule has 3 heterocycles. The van der Waals surface area contributed by atoms with Crippen molar-refractivity contribution in [3.8, 4) is 0 Å². The Kier molecular flexibility index (Phi) is 5.60. The molecule has 2 aromatic heterocycles. The van der Waals surface area contributed by atoms with Gasteiger partial charge in [0.25, 0.3) is 11.8 Å². The summed E-state index contributed by atoms with van der Waals surface area (Å²) in [5.74, 6) is -0.856. The first-order chi connectivity index (χ1) is 12.5. The van der Waals surface area contributed by atoms with Crippen LogP contribution in [0, 0.1) is 0 Å². The lowest BCUT2D eigenvalue weighted by atomic mass is 10.0. The van der Waals surface area contributed by atoms with Crippen molar-refractivity contribution >= 4 is 45.5 Å². The highest BCUT2D eigenvalue weighted by atomic mass is 32.1. The van der Waals surface area contributed by atoms with E-state index in [0.717, 1.165) is 36.5 Å². The summed E-state index contributed by atoms with van der Waals surface area (Å²) in [5, 5.41) is 6.26. The third-order valence-electron chi connectivity index (χ3n) is 4.21. The molecule has 0 radical (unpaired) electrons. The number of aromatic nitrogens is 1. The highest BCUT2D eigenvalue weighted by Gasteiger charge is 2.27. The van der Waals surface area contributed by atoms with Gasteiger partial charge in [0.15, 0.2) is 5.11 Å². The molecular formula is C17H19N5O2S2. The molecule has 2 amide bonds. The van der Waals surface area contributed by atoms with Crippen LogP contribution in [0.4, 0.5) is 5.00 Å². The molecule has 0 bridgehead atoms. The molecule has 1 aliphatic rings. The molecule has 9 heteroatoms. The first-order valence-corrected chi connectivity index (χ1v) is 9.41. The number of nitrogens with two attached hydrogens (primary N) is 1. The van der Waals surface area contributed by atoms with E-state index < -0.39 is 5.91 Å². The summed E-state index contributed by atoms with van der Waals surface area (Å²) >= 11 is 6.68. The lowest BCUT2D eigenvalue weighted by Gasteiger charge is -2.25. The van der Waals surface area contributed by atoms with Crippen molar-refractivity contribution in [1.82, 2.24) is 15.2 Å². The number of rotatable bonds is 4. The van der Waals surface area contributed by atoms with Crippen LogP contribution >= 0.6 is 23.6 Å². The Balaban J connectivity index is 1.77. The molecule has 0 aliphatic carbocycles. The Morgan fingerprint density at radius 1 is 1.46 bits per heavy atom. The molecule has 0 saturated heterocycles. The molecule has 0 aromatic carbocycles. The number of hydrogen-bond donors (Lipinski definition) is 3. The normalized spacial score (nSPS) is 13.7. The Morgan fingerprint density at radius 3 is 2.92 bits per heavy atom. The van der Waals surface area contributed by atoms with Crippen molar-refractivity contribution in [2.45, 2.75) is 19.9 Å². The molecule has 0 fully saturated rings. The van der Waals surface area contributed by atoms with Crippen molar-refractivity contribution in [1.29, 1.82) is 0 Å². The van der Waals surface area contributed by atoms with Crippen molar-refractivity contribution < 1.29 is 9.59 Å². The maximum absolute atomic E-state index is 12.2. The number of anilines is 1. The number of amides is 2. The monoisotopic (exact) mass is 389 g/mol. The van der Waals surface area contributed by atoms with Crippen molar-refractivity contribution in [3.63, 3.8) is 0 Å². The molecule has 7 nitrogen and oxygen atoms in total. The Bertz CT molecular complexity index is 850. The van der Waals surface area contributed by atoms with E-state index in [2.05, 4.69) is 27.4 Å². The van der Waals surface area contributed by atoms with E-state index in [1.165, 1.54) is 17.5 Å². The van der Waals surface area contributed by atoms with Crippen LogP contribution < -0.4 is 16.4 Å². The standard InChI is InChI=1S/C17H19N5O2S2/c1-2-22-7-5-11-12(9-22)26-16(13(11)14(18)23)21-17(25)20-15(24)10-4-3-6-19-8-10/h3-4,6,8H,2,5,7,9H2,1H3,(H2,18,23)(H2,20,21,24,25). The van der Waals surface area contributed by atoms with E-state index in [-0.39, 0.29) is 11.0 Å². The summed E-state index contributed by atoms with van der Waals surface area (Å²) in [4.78, 5) is 31.4. The molecule has 136 valence electrons. The van der Waals surface area contributed by atoms with Gasteiger partial charge in [-0.3, -0.25) is 24.8 Å². The summed E-state index contributed by atoms with van der Waals surface area (Å²) in [6, 6.07) is 3.31. The zero-order chi connectivity index (χ0) is 18.7. The summed E-state index contributed by atoms with van der Waals surface area (Å²) in [5.41, 5.74) is 7.45. The average molecular weight is 390 g/mol. The van der Waals surface area contributed by atoms with Crippen LogP contribution in [0.3, 0.4) is 0 Å². The van der Waals surface area contributed by atoms with E-state index in [4.69, 9.17) is 18.0 Å². The number of hydrogen-bond acceptors (Lipinski definition) is 6. The molecule has 0 spiro atoms. The molecule has 1 aliphatic heterocycles. The molecule has 3 rings (SSSR count). The largest absolute Gasteiger partial charge is 0.365 e. The van der Waals surface area contributed by atoms with Crippen LogP contribution in [0.5, 0.6) is 0 Å². The molecule has 26 heavy (non-hydrogen) atoms. The number of fused-ring (bicyclic) bond motifs is 1. The number of pyridine rings is 1. The van der Waals surface area contributed by atoms with Crippen LogP contribution in [0.15, 0.2) is 24.5 Å². The quantitative estimate of drug-likeness (QED) is 0.689. The van der Waals surface area contributed by atoms with Gasteiger partial charge in [-0.15, -0.1) is 11.3 Å². The van der Waals surface area contributed by atoms with Crippen LogP contribution in [-0.4, -0.2) is 39.9 Å². The number of carbonyl (C=O) groups is 2. The SMILES string of the molecule is CCN1CCc2c(sc(NC(=S)NC(=O)c3cccnc3)c2C(N)=O)C1. The Morgan fingerprint density at radius 2 is 2.27 bits per heavy atom. The summed E-state index contributed by atoms with van der Waals surface area (Å²) in [6.45, 7) is 4.73. The molecular weight excluding hydrogens is 370 g/mol. The molecule has 0 saturated carbocycles. The van der Waals surface area contributed by atoms with E-state index >= 15 is 0 Å². The van der Waals surface area contributed by atoms with Gasteiger partial charge >= 0.3 is 0 Å². The van der Waals surface area contributed by atoms with Gasteiger partial charge in [0, 0.05) is 30.4 Å². The van der Waals surface area contributed by atoms with Gasteiger partial charge in [-0.05, 0) is 42.9 Å². The zero-order valence-electron chi connectivity index (χ0n) is 14.2. The van der Waals surface area contributed by atoms with Crippen LogP contribution in [0.1, 0.15) is 38.1 Å². The third kappa shape index (κ3) is 3.90. The fourth-order valence-electron chi connectivity index (χ4n) is 2.88. The zero-order valence-corrected chi connectivity index (χ0v) is 15.9. The van der Waals surface area contributed by atoms with Crippen LogP contribution in [-0.2, 0) is 13.0 Å². The van der Waals surface area contributed by atoms with E-state index in [9.17, 15) is 9.59 Å². The second-order valence-electron chi connectivity index (χ2n) is 5.84. The Labute approximate surface area is 160 Å². The third-order valence-corrected chi connectivity index (χ3v) is 5.54. The summed E-state index contributed by atoms with van der Waals surface area (Å²) in [7, 11) is 0. The number of primary amides is 1. The molecule has 2 aromatic rings. The number of carbonyl (C=O) groups excluding carboxylic acids is 2. The summed E-state index contributed by atoms with van der Waals surface area (Å²) < 4.78 is 0. The number of likely N-dealkylation sites (N-methyl/N-ethyl adjacent to an activating group) is 1. The van der Waals surface area contributed by atoms with Gasteiger partial charge < -0.3 is 11.1 Å². The van der Waals surface area contributed by atoms with Gasteiger partial charge in [0.1, 0.15) is 5.00 Å². The molecule has 0 atom stereocenters. The minimum absolute atomic E-state index is 0.118. The predicted molar refractivity (Wildman–Crippen MR) is 105 cm³/mol. The minimum atomic E-state index is -0.490. The van der Waals surface area contributed by atoms with E-state index in [1.54, 1.807) is 18.3 Å². The smallest absolute Gasteiger partial charge is 0.258 e. The fourth-order valence-corrected chi connectivity index (χ4v) is 4.44. The van der Waals surface area contributed by atoms with E-state index in [0.29, 0.717) is 16.1 Å². The average Bonchev–Trinajstić information content (AvgIpc) is 2.99. The summed E-state index contributed by atoms with van der Waals surface area (Å²) in [6.07, 6.45) is 3.81. The van der Waals surface area contributed by atoms with Crippen molar-refractivity contribution in [3.05, 3.63) is 46.1 Å². The van der Waals surface area contributed by atoms with Crippen molar-refractivity contribution in [2.75, 3.05) is 18.4 Å². The molecule has 4 N–H and O–H groups in total. The van der Waals surface area contributed by atoms with Gasteiger partial charge in [-0.25, -0.2) is 0 Å². The topological polar surface area (TPSA) is 100 Å². The number of thiophene rings is 1.